The highest BCUT2D eigenvalue weighted by molar-refractivity contribution is 5.78. The molecule has 1 saturated heterocycles. The van der Waals surface area contributed by atoms with E-state index in [-0.39, 0.29) is 11.8 Å². The summed E-state index contributed by atoms with van der Waals surface area (Å²) in [5.41, 5.74) is 0. The molecule has 1 aliphatic rings. The van der Waals surface area contributed by atoms with Crippen molar-refractivity contribution in [3.8, 4) is 0 Å². The van der Waals surface area contributed by atoms with Crippen molar-refractivity contribution in [2.45, 2.75) is 19.3 Å². The van der Waals surface area contributed by atoms with Gasteiger partial charge in [0.2, 0.25) is 5.91 Å². The third-order valence-corrected chi connectivity index (χ3v) is 2.45. The molecule has 1 unspecified atom stereocenters. The van der Waals surface area contributed by atoms with Crippen LogP contribution in [0.1, 0.15) is 19.3 Å². The van der Waals surface area contributed by atoms with E-state index < -0.39 is 5.97 Å². The lowest BCUT2D eigenvalue weighted by Gasteiger charge is -2.14. The van der Waals surface area contributed by atoms with E-state index in [4.69, 9.17) is 5.11 Å². The zero-order valence-electron chi connectivity index (χ0n) is 8.11. The van der Waals surface area contributed by atoms with E-state index >= 15 is 0 Å². The molecule has 1 atom stereocenters. The van der Waals surface area contributed by atoms with Crippen molar-refractivity contribution >= 4 is 11.9 Å². The molecule has 0 aromatic rings. The number of hydrogen-bond donors (Lipinski definition) is 1. The monoisotopic (exact) mass is 197 g/mol. The Morgan fingerprint density at radius 3 is 2.79 bits per heavy atom. The number of amides is 1. The minimum Gasteiger partial charge on any atom is -0.481 e. The van der Waals surface area contributed by atoms with Crippen LogP contribution in [0, 0.1) is 5.92 Å². The number of carbonyl (C=O) groups is 2. The minimum absolute atomic E-state index is 0.0358. The van der Waals surface area contributed by atoms with E-state index in [1.54, 1.807) is 11.0 Å². The van der Waals surface area contributed by atoms with Gasteiger partial charge >= 0.3 is 5.97 Å². The molecule has 0 radical (unpaired) electrons. The molecule has 1 N–H and O–H groups in total. The molecule has 14 heavy (non-hydrogen) atoms. The van der Waals surface area contributed by atoms with Crippen molar-refractivity contribution in [3.05, 3.63) is 12.7 Å². The number of carboxylic acid groups (broad SMARTS) is 1. The van der Waals surface area contributed by atoms with Crippen LogP contribution in [0.3, 0.4) is 0 Å². The van der Waals surface area contributed by atoms with E-state index in [0.29, 0.717) is 32.4 Å². The van der Waals surface area contributed by atoms with E-state index in [2.05, 4.69) is 6.58 Å². The average Bonchev–Trinajstić information content (AvgIpc) is 2.62. The Morgan fingerprint density at radius 1 is 1.57 bits per heavy atom. The smallest absolute Gasteiger partial charge is 0.308 e. The quantitative estimate of drug-likeness (QED) is 0.681. The van der Waals surface area contributed by atoms with Gasteiger partial charge in [0.15, 0.2) is 0 Å². The molecule has 4 heteroatoms. The number of rotatable bonds is 4. The molecule has 1 aliphatic heterocycles. The molecule has 0 saturated carbocycles. The van der Waals surface area contributed by atoms with E-state index in [9.17, 15) is 9.59 Å². The third kappa shape index (κ3) is 2.58. The van der Waals surface area contributed by atoms with Crippen LogP contribution < -0.4 is 0 Å². The predicted octanol–water partition coefficient (Wildman–Crippen LogP) is 0.886. The number of carboxylic acids is 1. The highest BCUT2D eigenvalue weighted by Crippen LogP contribution is 2.17. The average molecular weight is 197 g/mol. The van der Waals surface area contributed by atoms with Crippen LogP contribution >= 0.6 is 0 Å². The number of nitrogens with zero attached hydrogens (tertiary/aromatic N) is 1. The van der Waals surface area contributed by atoms with Gasteiger partial charge in [0, 0.05) is 19.5 Å². The minimum atomic E-state index is -0.802. The summed E-state index contributed by atoms with van der Waals surface area (Å²) in [7, 11) is 0. The summed E-state index contributed by atoms with van der Waals surface area (Å²) in [4.78, 5) is 23.7. The largest absolute Gasteiger partial charge is 0.481 e. The first-order valence-electron chi connectivity index (χ1n) is 4.76. The predicted molar refractivity (Wildman–Crippen MR) is 51.8 cm³/mol. The Labute approximate surface area is 83.2 Å². The number of allylic oxidation sites excluding steroid dienone is 1. The Hall–Kier alpha value is -1.32. The maximum Gasteiger partial charge on any atom is 0.308 e. The van der Waals surface area contributed by atoms with E-state index in [1.807, 2.05) is 0 Å². The summed E-state index contributed by atoms with van der Waals surface area (Å²) >= 11 is 0. The van der Waals surface area contributed by atoms with Gasteiger partial charge in [0.1, 0.15) is 0 Å². The fraction of sp³-hybridized carbons (Fsp3) is 0.600. The summed E-state index contributed by atoms with van der Waals surface area (Å²) in [6.07, 6.45) is 3.38. The maximum absolute atomic E-state index is 11.5. The van der Waals surface area contributed by atoms with Crippen molar-refractivity contribution in [2.24, 2.45) is 5.92 Å². The molecule has 1 fully saturated rings. The number of likely N-dealkylation sites (tertiary alicyclic amines) is 1. The molecule has 1 amide bonds. The van der Waals surface area contributed by atoms with Crippen molar-refractivity contribution in [2.75, 3.05) is 13.1 Å². The number of carbonyl (C=O) groups excluding carboxylic acids is 1. The molecule has 0 aromatic carbocycles. The fourth-order valence-electron chi connectivity index (χ4n) is 1.57. The van der Waals surface area contributed by atoms with Crippen molar-refractivity contribution in [1.82, 2.24) is 4.90 Å². The summed E-state index contributed by atoms with van der Waals surface area (Å²) in [5.74, 6) is -1.14. The third-order valence-electron chi connectivity index (χ3n) is 2.45. The molecule has 0 bridgehead atoms. The van der Waals surface area contributed by atoms with Gasteiger partial charge in [-0.1, -0.05) is 6.08 Å². The van der Waals surface area contributed by atoms with Gasteiger partial charge in [-0.3, -0.25) is 9.59 Å². The lowest BCUT2D eigenvalue weighted by molar-refractivity contribution is -0.141. The van der Waals surface area contributed by atoms with Gasteiger partial charge in [-0.15, -0.1) is 6.58 Å². The summed E-state index contributed by atoms with van der Waals surface area (Å²) in [6, 6.07) is 0. The van der Waals surface area contributed by atoms with Gasteiger partial charge in [-0.2, -0.15) is 0 Å². The molecule has 0 spiro atoms. The molecular weight excluding hydrogens is 182 g/mol. The molecule has 0 aromatic heterocycles. The van der Waals surface area contributed by atoms with Crippen LogP contribution in [0.15, 0.2) is 12.7 Å². The van der Waals surface area contributed by atoms with Crippen LogP contribution in [0.2, 0.25) is 0 Å². The van der Waals surface area contributed by atoms with Crippen molar-refractivity contribution in [3.63, 3.8) is 0 Å². The van der Waals surface area contributed by atoms with Gasteiger partial charge in [-0.05, 0) is 12.8 Å². The second kappa shape index (κ2) is 4.79. The standard InChI is InChI=1S/C10H15NO3/c1-2-3-4-9(12)11-6-5-8(7-11)10(13)14/h2,8H,1,3-7H2,(H,13,14). The van der Waals surface area contributed by atoms with Crippen LogP contribution in [0.4, 0.5) is 0 Å². The molecule has 1 heterocycles. The second-order valence-electron chi connectivity index (χ2n) is 3.49. The summed E-state index contributed by atoms with van der Waals surface area (Å²) < 4.78 is 0. The molecule has 4 nitrogen and oxygen atoms in total. The highest BCUT2D eigenvalue weighted by Gasteiger charge is 2.30. The lowest BCUT2D eigenvalue weighted by Crippen LogP contribution is -2.29. The van der Waals surface area contributed by atoms with E-state index in [0.717, 1.165) is 0 Å². The summed E-state index contributed by atoms with van der Waals surface area (Å²) in [5, 5.41) is 8.73. The Balaban J connectivity index is 2.37. The van der Waals surface area contributed by atoms with Crippen molar-refractivity contribution in [1.29, 1.82) is 0 Å². The topological polar surface area (TPSA) is 57.6 Å². The first-order chi connectivity index (χ1) is 6.65. The Bertz CT molecular complexity index is 250. The van der Waals surface area contributed by atoms with Gasteiger partial charge < -0.3 is 10.0 Å². The van der Waals surface area contributed by atoms with Crippen LogP contribution in [-0.4, -0.2) is 35.0 Å². The zero-order chi connectivity index (χ0) is 10.6. The highest BCUT2D eigenvalue weighted by atomic mass is 16.4. The maximum atomic E-state index is 11.5. The first kappa shape index (κ1) is 10.8. The second-order valence-corrected chi connectivity index (χ2v) is 3.49. The van der Waals surface area contributed by atoms with Gasteiger partial charge in [0.05, 0.1) is 5.92 Å². The first-order valence-corrected chi connectivity index (χ1v) is 4.76. The van der Waals surface area contributed by atoms with Crippen molar-refractivity contribution < 1.29 is 14.7 Å². The zero-order valence-corrected chi connectivity index (χ0v) is 8.11. The van der Waals surface area contributed by atoms with Gasteiger partial charge in [0.25, 0.3) is 0 Å². The fourth-order valence-corrected chi connectivity index (χ4v) is 1.57. The molecular formula is C10H15NO3. The molecule has 1 rings (SSSR count). The van der Waals surface area contributed by atoms with Gasteiger partial charge in [-0.25, -0.2) is 0 Å². The number of aliphatic carboxylic acids is 1. The number of hydrogen-bond acceptors (Lipinski definition) is 2. The van der Waals surface area contributed by atoms with E-state index in [1.165, 1.54) is 0 Å². The Kier molecular flexibility index (Phi) is 3.68. The Morgan fingerprint density at radius 2 is 2.29 bits per heavy atom. The SMILES string of the molecule is C=CCCC(=O)N1CCC(C(=O)O)C1. The normalized spacial score (nSPS) is 20.9. The summed E-state index contributed by atoms with van der Waals surface area (Å²) in [6.45, 7) is 4.48. The lowest BCUT2D eigenvalue weighted by atomic mass is 10.1. The van der Waals surface area contributed by atoms with Crippen LogP contribution in [0.5, 0.6) is 0 Å². The molecule has 0 aliphatic carbocycles. The van der Waals surface area contributed by atoms with Crippen LogP contribution in [0.25, 0.3) is 0 Å². The molecule has 78 valence electrons. The van der Waals surface area contributed by atoms with Crippen LogP contribution in [-0.2, 0) is 9.59 Å².